The van der Waals surface area contributed by atoms with Gasteiger partial charge in [0, 0.05) is 16.5 Å². The molecule has 0 fully saturated rings. The molecule has 2 aromatic carbocycles. The van der Waals surface area contributed by atoms with Crippen molar-refractivity contribution in [2.24, 2.45) is 0 Å². The van der Waals surface area contributed by atoms with Crippen molar-refractivity contribution in [3.63, 3.8) is 0 Å². The van der Waals surface area contributed by atoms with Gasteiger partial charge in [-0.3, -0.25) is 4.79 Å². The molecular formula is C13H12O6. The first-order valence-corrected chi connectivity index (χ1v) is 5.42. The van der Waals surface area contributed by atoms with Crippen LogP contribution in [0.4, 0.5) is 0 Å². The molecule has 0 aliphatic heterocycles. The van der Waals surface area contributed by atoms with Gasteiger partial charge >= 0.3 is 0 Å². The van der Waals surface area contributed by atoms with Crippen LogP contribution in [-0.2, 0) is 6.61 Å². The molecule has 6 nitrogen and oxygen atoms in total. The third-order valence-corrected chi connectivity index (χ3v) is 3.13. The Morgan fingerprint density at radius 2 is 1.68 bits per heavy atom. The summed E-state index contributed by atoms with van der Waals surface area (Å²) in [4.78, 5) is 11.1. The maximum atomic E-state index is 11.1. The van der Waals surface area contributed by atoms with E-state index in [9.17, 15) is 25.2 Å². The molecule has 0 aliphatic rings. The zero-order valence-corrected chi connectivity index (χ0v) is 10.0. The van der Waals surface area contributed by atoms with Gasteiger partial charge in [-0.1, -0.05) is 0 Å². The lowest BCUT2D eigenvalue weighted by molar-refractivity contribution is 0.112. The lowest BCUT2D eigenvalue weighted by Gasteiger charge is -2.14. The highest BCUT2D eigenvalue weighted by Crippen LogP contribution is 2.48. The number of phenolic OH excluding ortho intramolecular Hbond substituents is 4. The topological polar surface area (TPSA) is 118 Å². The number of phenols is 4. The molecule has 5 N–H and O–H groups in total. The molecule has 0 unspecified atom stereocenters. The number of aromatic hydroxyl groups is 4. The third-order valence-electron chi connectivity index (χ3n) is 3.13. The molecule has 0 saturated heterocycles. The number of hydrogen-bond acceptors (Lipinski definition) is 6. The van der Waals surface area contributed by atoms with Crippen LogP contribution < -0.4 is 0 Å². The summed E-state index contributed by atoms with van der Waals surface area (Å²) in [5.41, 5.74) is -0.0368. The highest BCUT2D eigenvalue weighted by Gasteiger charge is 2.22. The number of hydrogen-bond donors (Lipinski definition) is 5. The number of fused-ring (bicyclic) bond motifs is 1. The summed E-state index contributed by atoms with van der Waals surface area (Å²) in [7, 11) is 0. The van der Waals surface area contributed by atoms with Crippen LogP contribution in [0.25, 0.3) is 10.8 Å². The number of carbonyl (C=O) groups is 1. The van der Waals surface area contributed by atoms with Crippen molar-refractivity contribution in [3.05, 3.63) is 22.8 Å². The van der Waals surface area contributed by atoms with E-state index >= 15 is 0 Å². The first kappa shape index (κ1) is 13.0. The van der Waals surface area contributed by atoms with E-state index in [2.05, 4.69) is 0 Å². The SMILES string of the molecule is Cc1c(O)c(O)c2c(C=O)c(CO)cc(O)c2c1O. The summed E-state index contributed by atoms with van der Waals surface area (Å²) in [6.45, 7) is 0.816. The normalized spacial score (nSPS) is 10.8. The number of aliphatic hydroxyl groups is 1. The molecule has 0 aliphatic carbocycles. The molecule has 0 spiro atoms. The average Bonchev–Trinajstić information content (AvgIpc) is 2.41. The van der Waals surface area contributed by atoms with Crippen LogP contribution in [0.1, 0.15) is 21.5 Å². The van der Waals surface area contributed by atoms with Gasteiger partial charge in [-0.2, -0.15) is 0 Å². The Bertz CT molecular complexity index is 690. The molecule has 0 saturated carbocycles. The molecule has 0 heterocycles. The zero-order valence-electron chi connectivity index (χ0n) is 10.0. The smallest absolute Gasteiger partial charge is 0.166 e. The maximum absolute atomic E-state index is 11.1. The predicted octanol–water partition coefficient (Wildman–Crippen LogP) is 1.28. The van der Waals surface area contributed by atoms with Gasteiger partial charge in [-0.25, -0.2) is 0 Å². The summed E-state index contributed by atoms with van der Waals surface area (Å²) in [5, 5.41) is 48.2. The highest BCUT2D eigenvalue weighted by molar-refractivity contribution is 6.09. The van der Waals surface area contributed by atoms with Gasteiger partial charge in [0.2, 0.25) is 0 Å². The molecule has 0 aromatic heterocycles. The lowest BCUT2D eigenvalue weighted by atomic mass is 9.95. The Kier molecular flexibility index (Phi) is 2.95. The standard InChI is InChI=1S/C13H12O6/c1-5-11(17)10-8(16)2-6(3-14)7(4-15)9(10)13(19)12(5)18/h2,4,14,16-19H,3H2,1H3. The summed E-state index contributed by atoms with van der Waals surface area (Å²) < 4.78 is 0. The van der Waals surface area contributed by atoms with E-state index in [1.807, 2.05) is 0 Å². The Hall–Kier alpha value is -2.47. The van der Waals surface area contributed by atoms with Gasteiger partial charge in [0.15, 0.2) is 17.8 Å². The van der Waals surface area contributed by atoms with Crippen molar-refractivity contribution in [1.82, 2.24) is 0 Å². The van der Waals surface area contributed by atoms with E-state index in [0.29, 0.717) is 6.29 Å². The molecular weight excluding hydrogens is 252 g/mol. The molecule has 0 bridgehead atoms. The van der Waals surface area contributed by atoms with Crippen molar-refractivity contribution in [1.29, 1.82) is 0 Å². The number of benzene rings is 2. The van der Waals surface area contributed by atoms with Crippen LogP contribution in [0.2, 0.25) is 0 Å². The zero-order chi connectivity index (χ0) is 14.3. The first-order valence-electron chi connectivity index (χ1n) is 5.42. The first-order chi connectivity index (χ1) is 8.93. The van der Waals surface area contributed by atoms with E-state index in [4.69, 9.17) is 5.11 Å². The molecule has 0 amide bonds. The second kappa shape index (κ2) is 4.33. The van der Waals surface area contributed by atoms with Crippen LogP contribution in [0.5, 0.6) is 23.0 Å². The van der Waals surface area contributed by atoms with Crippen LogP contribution in [0, 0.1) is 6.92 Å². The Balaban J connectivity index is 3.15. The minimum Gasteiger partial charge on any atom is -0.507 e. The third kappa shape index (κ3) is 1.65. The molecule has 2 rings (SSSR count). The largest absolute Gasteiger partial charge is 0.507 e. The molecule has 2 aromatic rings. The summed E-state index contributed by atoms with van der Waals surface area (Å²) >= 11 is 0. The minimum absolute atomic E-state index is 0.0195. The minimum atomic E-state index is -0.627. The van der Waals surface area contributed by atoms with Gasteiger partial charge in [-0.15, -0.1) is 0 Å². The molecule has 0 atom stereocenters. The van der Waals surface area contributed by atoms with Gasteiger partial charge in [0.25, 0.3) is 0 Å². The molecule has 0 radical (unpaired) electrons. The number of rotatable bonds is 2. The van der Waals surface area contributed by atoms with Gasteiger partial charge in [-0.05, 0) is 18.6 Å². The van der Waals surface area contributed by atoms with E-state index in [1.54, 1.807) is 0 Å². The number of aldehydes is 1. The van der Waals surface area contributed by atoms with Crippen molar-refractivity contribution in [2.45, 2.75) is 13.5 Å². The van der Waals surface area contributed by atoms with Crippen LogP contribution >= 0.6 is 0 Å². The Morgan fingerprint density at radius 1 is 1.05 bits per heavy atom. The fourth-order valence-electron chi connectivity index (χ4n) is 2.09. The highest BCUT2D eigenvalue weighted by atomic mass is 16.3. The monoisotopic (exact) mass is 264 g/mol. The van der Waals surface area contributed by atoms with Gasteiger partial charge in [0.1, 0.15) is 11.5 Å². The van der Waals surface area contributed by atoms with Gasteiger partial charge < -0.3 is 25.5 Å². The van der Waals surface area contributed by atoms with E-state index in [1.165, 1.54) is 6.92 Å². The van der Waals surface area contributed by atoms with Crippen LogP contribution in [0.15, 0.2) is 6.07 Å². The van der Waals surface area contributed by atoms with Crippen molar-refractivity contribution < 1.29 is 30.3 Å². The number of aliphatic hydroxyl groups excluding tert-OH is 1. The van der Waals surface area contributed by atoms with E-state index < -0.39 is 29.6 Å². The summed E-state index contributed by atoms with van der Waals surface area (Å²) in [6, 6.07) is 1.13. The number of carbonyl (C=O) groups excluding carboxylic acids is 1. The van der Waals surface area contributed by atoms with Crippen LogP contribution in [-0.4, -0.2) is 31.8 Å². The molecule has 6 heteroatoms. The Morgan fingerprint density at radius 3 is 2.21 bits per heavy atom. The fourth-order valence-corrected chi connectivity index (χ4v) is 2.09. The second-order valence-electron chi connectivity index (χ2n) is 4.17. The fraction of sp³-hybridized carbons (Fsp3) is 0.154. The lowest BCUT2D eigenvalue weighted by Crippen LogP contribution is -1.96. The van der Waals surface area contributed by atoms with Crippen molar-refractivity contribution >= 4 is 17.1 Å². The summed E-state index contributed by atoms with van der Waals surface area (Å²) in [5.74, 6) is -2.04. The quantitative estimate of drug-likeness (QED) is 0.317. The predicted molar refractivity (Wildman–Crippen MR) is 66.7 cm³/mol. The summed E-state index contributed by atoms with van der Waals surface area (Å²) in [6.07, 6.45) is 0.376. The molecule has 100 valence electrons. The van der Waals surface area contributed by atoms with Crippen LogP contribution in [0.3, 0.4) is 0 Å². The van der Waals surface area contributed by atoms with E-state index in [0.717, 1.165) is 6.07 Å². The molecule has 19 heavy (non-hydrogen) atoms. The van der Waals surface area contributed by atoms with Gasteiger partial charge in [0.05, 0.1) is 12.0 Å². The van der Waals surface area contributed by atoms with E-state index in [-0.39, 0.29) is 27.5 Å². The maximum Gasteiger partial charge on any atom is 0.166 e. The van der Waals surface area contributed by atoms with Crippen molar-refractivity contribution in [2.75, 3.05) is 0 Å². The second-order valence-corrected chi connectivity index (χ2v) is 4.17. The van der Waals surface area contributed by atoms with Crippen molar-refractivity contribution in [3.8, 4) is 23.0 Å². The average molecular weight is 264 g/mol. The Labute approximate surface area is 107 Å².